The lowest BCUT2D eigenvalue weighted by molar-refractivity contribution is 0.0992. The molecule has 2 aromatic heterocycles. The molecule has 0 atom stereocenters. The van der Waals surface area contributed by atoms with Gasteiger partial charge in [0.15, 0.2) is 5.78 Å². The Hall–Kier alpha value is -3.24. The van der Waals surface area contributed by atoms with Gasteiger partial charge in [0.05, 0.1) is 7.11 Å². The van der Waals surface area contributed by atoms with Crippen LogP contribution in [0.4, 0.5) is 0 Å². The van der Waals surface area contributed by atoms with E-state index in [-0.39, 0.29) is 5.78 Å². The number of rotatable bonds is 6. The van der Waals surface area contributed by atoms with Crippen LogP contribution in [0.2, 0.25) is 0 Å². The lowest BCUT2D eigenvalue weighted by Gasteiger charge is -2.11. The molecule has 144 valence electrons. The van der Waals surface area contributed by atoms with Crippen molar-refractivity contribution in [1.82, 2.24) is 4.98 Å². The summed E-state index contributed by atoms with van der Waals surface area (Å²) >= 11 is 1.72. The largest absolute Gasteiger partial charge is 0.496 e. The summed E-state index contributed by atoms with van der Waals surface area (Å²) in [5.41, 5.74) is 5.91. The quantitative estimate of drug-likeness (QED) is 0.361. The van der Waals surface area contributed by atoms with Crippen molar-refractivity contribution in [2.45, 2.75) is 13.3 Å². The molecule has 0 aliphatic carbocycles. The predicted octanol–water partition coefficient (Wildman–Crippen LogP) is 6.22. The minimum absolute atomic E-state index is 0.106. The molecular formula is C25H21NO2S. The Balaban J connectivity index is 1.60. The second-order valence-corrected chi connectivity index (χ2v) is 7.83. The van der Waals surface area contributed by atoms with Gasteiger partial charge in [-0.2, -0.15) is 0 Å². The topological polar surface area (TPSA) is 39.2 Å². The van der Waals surface area contributed by atoms with Crippen molar-refractivity contribution >= 4 is 17.1 Å². The number of carbonyl (C=O) groups excluding carboxylic acids is 1. The van der Waals surface area contributed by atoms with Crippen molar-refractivity contribution in [3.8, 4) is 27.3 Å². The first kappa shape index (κ1) is 19.1. The minimum atomic E-state index is 0.106. The molecule has 0 aliphatic rings. The number of carbonyl (C=O) groups is 1. The molecule has 0 bridgehead atoms. The van der Waals surface area contributed by atoms with E-state index < -0.39 is 0 Å². The van der Waals surface area contributed by atoms with Crippen molar-refractivity contribution in [1.29, 1.82) is 0 Å². The van der Waals surface area contributed by atoms with Crippen molar-refractivity contribution in [2.24, 2.45) is 0 Å². The Bertz CT molecular complexity index is 1130. The Morgan fingerprint density at radius 1 is 1.03 bits per heavy atom. The van der Waals surface area contributed by atoms with E-state index in [9.17, 15) is 4.79 Å². The molecule has 0 N–H and O–H groups in total. The third-order valence-electron chi connectivity index (χ3n) is 4.96. The first-order valence-electron chi connectivity index (χ1n) is 9.41. The highest BCUT2D eigenvalue weighted by Crippen LogP contribution is 2.35. The van der Waals surface area contributed by atoms with E-state index in [1.807, 2.05) is 25.1 Å². The average Bonchev–Trinajstić information content (AvgIpc) is 3.29. The number of methoxy groups -OCH3 is 1. The summed E-state index contributed by atoms with van der Waals surface area (Å²) < 4.78 is 5.58. The van der Waals surface area contributed by atoms with E-state index in [2.05, 4.69) is 46.8 Å². The summed E-state index contributed by atoms with van der Waals surface area (Å²) in [4.78, 5) is 17.9. The number of hydrogen-bond acceptors (Lipinski definition) is 4. The average molecular weight is 400 g/mol. The molecule has 4 rings (SSSR count). The molecule has 2 aromatic carbocycles. The molecule has 29 heavy (non-hydrogen) atoms. The van der Waals surface area contributed by atoms with E-state index in [1.54, 1.807) is 36.9 Å². The van der Waals surface area contributed by atoms with E-state index in [4.69, 9.17) is 4.74 Å². The summed E-state index contributed by atoms with van der Waals surface area (Å²) in [6.45, 7) is 1.91. The number of ketones is 1. The molecule has 0 fully saturated rings. The van der Waals surface area contributed by atoms with Gasteiger partial charge >= 0.3 is 0 Å². The van der Waals surface area contributed by atoms with Crippen LogP contribution in [0.3, 0.4) is 0 Å². The highest BCUT2D eigenvalue weighted by Gasteiger charge is 2.12. The molecule has 0 spiro atoms. The van der Waals surface area contributed by atoms with Crippen LogP contribution in [-0.4, -0.2) is 17.9 Å². The molecule has 0 aliphatic heterocycles. The van der Waals surface area contributed by atoms with Crippen LogP contribution in [0.15, 0.2) is 78.4 Å². The standard InChI is InChI=1S/C25H21NO2S/c1-17-16-26-12-11-21(17)23(27)14-18-5-7-19(8-6-18)22-15-20(9-10-24(22)28-2)25-4-3-13-29-25/h3-13,15-16H,14H2,1-2H3. The van der Waals surface area contributed by atoms with Crippen LogP contribution in [-0.2, 0) is 6.42 Å². The molecule has 4 aromatic rings. The SMILES string of the molecule is COc1ccc(-c2cccs2)cc1-c1ccc(CC(=O)c2ccncc2C)cc1. The van der Waals surface area contributed by atoms with Gasteiger partial charge in [-0.25, -0.2) is 0 Å². The van der Waals surface area contributed by atoms with Gasteiger partial charge in [0, 0.05) is 34.8 Å². The number of ether oxygens (including phenoxy) is 1. The minimum Gasteiger partial charge on any atom is -0.496 e. The number of thiophene rings is 1. The van der Waals surface area contributed by atoms with Crippen LogP contribution in [0.5, 0.6) is 5.75 Å². The highest BCUT2D eigenvalue weighted by atomic mass is 32.1. The Morgan fingerprint density at radius 3 is 2.52 bits per heavy atom. The van der Waals surface area contributed by atoms with E-state index in [0.29, 0.717) is 6.42 Å². The molecule has 3 nitrogen and oxygen atoms in total. The Kier molecular flexibility index (Phi) is 5.54. The van der Waals surface area contributed by atoms with E-state index in [1.165, 1.54) is 10.4 Å². The van der Waals surface area contributed by atoms with E-state index in [0.717, 1.165) is 33.6 Å². The number of nitrogens with zero attached hydrogens (tertiary/aromatic N) is 1. The molecule has 0 amide bonds. The first-order chi connectivity index (χ1) is 14.2. The van der Waals surface area contributed by atoms with Crippen LogP contribution >= 0.6 is 11.3 Å². The Morgan fingerprint density at radius 2 is 1.83 bits per heavy atom. The van der Waals surface area contributed by atoms with Crippen LogP contribution in [0, 0.1) is 6.92 Å². The molecular weight excluding hydrogens is 378 g/mol. The summed E-state index contributed by atoms with van der Waals surface area (Å²) in [6, 6.07) is 20.3. The number of benzene rings is 2. The van der Waals surface area contributed by atoms with Crippen molar-refractivity contribution < 1.29 is 9.53 Å². The third-order valence-corrected chi connectivity index (χ3v) is 5.87. The molecule has 0 radical (unpaired) electrons. The molecule has 2 heterocycles. The van der Waals surface area contributed by atoms with Gasteiger partial charge in [-0.05, 0) is 64.9 Å². The fourth-order valence-corrected chi connectivity index (χ4v) is 4.12. The fourth-order valence-electron chi connectivity index (χ4n) is 3.40. The molecule has 0 saturated carbocycles. The molecule has 0 saturated heterocycles. The summed E-state index contributed by atoms with van der Waals surface area (Å²) in [7, 11) is 1.69. The lowest BCUT2D eigenvalue weighted by atomic mass is 9.97. The lowest BCUT2D eigenvalue weighted by Crippen LogP contribution is -2.05. The van der Waals surface area contributed by atoms with Crippen molar-refractivity contribution in [3.05, 3.63) is 95.1 Å². The van der Waals surface area contributed by atoms with Crippen LogP contribution in [0.1, 0.15) is 21.5 Å². The van der Waals surface area contributed by atoms with Gasteiger partial charge in [0.2, 0.25) is 0 Å². The third kappa shape index (κ3) is 4.13. The van der Waals surface area contributed by atoms with Gasteiger partial charge in [-0.3, -0.25) is 9.78 Å². The smallest absolute Gasteiger partial charge is 0.167 e. The van der Waals surface area contributed by atoms with Crippen LogP contribution in [0.25, 0.3) is 21.6 Å². The maximum absolute atomic E-state index is 12.6. The molecule has 0 unspecified atom stereocenters. The Labute approximate surface area is 174 Å². The summed E-state index contributed by atoms with van der Waals surface area (Å²) in [6.07, 6.45) is 3.76. The van der Waals surface area contributed by atoms with Crippen molar-refractivity contribution in [2.75, 3.05) is 7.11 Å². The molecule has 4 heteroatoms. The number of pyridine rings is 1. The van der Waals surface area contributed by atoms with Crippen molar-refractivity contribution in [3.63, 3.8) is 0 Å². The van der Waals surface area contributed by atoms with Gasteiger partial charge in [-0.1, -0.05) is 30.3 Å². The zero-order valence-electron chi connectivity index (χ0n) is 16.4. The highest BCUT2D eigenvalue weighted by molar-refractivity contribution is 7.13. The first-order valence-corrected chi connectivity index (χ1v) is 10.3. The predicted molar refractivity (Wildman–Crippen MR) is 119 cm³/mol. The fraction of sp³-hybridized carbons (Fsp3) is 0.120. The zero-order valence-corrected chi connectivity index (χ0v) is 17.2. The van der Waals surface area contributed by atoms with Gasteiger partial charge in [0.25, 0.3) is 0 Å². The zero-order chi connectivity index (χ0) is 20.2. The second-order valence-electron chi connectivity index (χ2n) is 6.88. The van der Waals surface area contributed by atoms with E-state index >= 15 is 0 Å². The number of aromatic nitrogens is 1. The van der Waals surface area contributed by atoms with Crippen LogP contribution < -0.4 is 4.74 Å². The monoisotopic (exact) mass is 399 g/mol. The summed E-state index contributed by atoms with van der Waals surface area (Å²) in [5, 5.41) is 2.08. The summed E-state index contributed by atoms with van der Waals surface area (Å²) in [5.74, 6) is 0.941. The number of hydrogen-bond donors (Lipinski definition) is 0. The second kappa shape index (κ2) is 8.41. The van der Waals surface area contributed by atoms with Gasteiger partial charge in [-0.15, -0.1) is 11.3 Å². The maximum atomic E-state index is 12.6. The normalized spacial score (nSPS) is 10.7. The number of Topliss-reactive ketones (excluding diaryl/α,β-unsaturated/α-hetero) is 1. The maximum Gasteiger partial charge on any atom is 0.167 e. The van der Waals surface area contributed by atoms with Gasteiger partial charge in [0.1, 0.15) is 5.75 Å². The number of aryl methyl sites for hydroxylation is 1. The van der Waals surface area contributed by atoms with Gasteiger partial charge < -0.3 is 4.74 Å².